The highest BCUT2D eigenvalue weighted by Crippen LogP contribution is 2.22. The van der Waals surface area contributed by atoms with E-state index in [0.717, 1.165) is 67.6 Å². The van der Waals surface area contributed by atoms with Crippen molar-refractivity contribution < 1.29 is 4.74 Å². The Hall–Kier alpha value is -3.67. The van der Waals surface area contributed by atoms with E-state index in [1.807, 2.05) is 49.3 Å². The average Bonchev–Trinajstić information content (AvgIpc) is 3.43. The molecule has 5 rings (SSSR count). The molecule has 2 aliphatic rings. The summed E-state index contributed by atoms with van der Waals surface area (Å²) in [4.78, 5) is 24.7. The number of rotatable bonds is 7. The number of hydrogen-bond donors (Lipinski definition) is 2. The second kappa shape index (κ2) is 11.6. The molecule has 0 spiro atoms. The minimum Gasteiger partial charge on any atom is -0.490 e. The summed E-state index contributed by atoms with van der Waals surface area (Å²) in [5.74, 6) is 7.60. The fraction of sp³-hybridized carbons (Fsp3) is 0.414. The van der Waals surface area contributed by atoms with E-state index >= 15 is 0 Å². The zero-order chi connectivity index (χ0) is 25.6. The van der Waals surface area contributed by atoms with Crippen molar-refractivity contribution in [3.63, 3.8) is 0 Å². The van der Waals surface area contributed by atoms with Gasteiger partial charge in [-0.25, -0.2) is 4.98 Å². The molecule has 2 aromatic heterocycles. The molecule has 1 fully saturated rings. The molecule has 0 atom stereocenters. The Kier molecular flexibility index (Phi) is 7.83. The van der Waals surface area contributed by atoms with E-state index < -0.39 is 0 Å². The van der Waals surface area contributed by atoms with Gasteiger partial charge in [-0.15, -0.1) is 0 Å². The molecule has 1 aliphatic heterocycles. The number of hydrogen-bond acceptors (Lipinski definition) is 7. The molecule has 0 bridgehead atoms. The highest BCUT2D eigenvalue weighted by Gasteiger charge is 2.15. The molecule has 1 aromatic carbocycles. The number of nitrogens with zero attached hydrogens (tertiary/aromatic N) is 4. The van der Waals surface area contributed by atoms with Gasteiger partial charge in [0.2, 0.25) is 5.95 Å². The number of fused-ring (bicyclic) bond motifs is 1. The summed E-state index contributed by atoms with van der Waals surface area (Å²) in [6.45, 7) is 3.22. The molecule has 0 saturated carbocycles. The molecular formula is C29H34N6O2. The lowest BCUT2D eigenvalue weighted by atomic mass is 10.1. The van der Waals surface area contributed by atoms with Crippen molar-refractivity contribution in [3.8, 4) is 17.6 Å². The van der Waals surface area contributed by atoms with Crippen LogP contribution >= 0.6 is 0 Å². The number of likely N-dealkylation sites (N-methyl/N-ethyl adjacent to an activating group) is 1. The SMILES string of the molecule is CN(C)CCn1c(=O)c(C#CC2=CCCC2)cc2cnc(Nc3ccc(OC4CCNCC4)cc3)nc21. The number of aromatic nitrogens is 3. The normalized spacial score (nSPS) is 15.9. The molecule has 1 saturated heterocycles. The number of ether oxygens (including phenoxy) is 1. The van der Waals surface area contributed by atoms with E-state index in [1.54, 1.807) is 10.8 Å². The van der Waals surface area contributed by atoms with Gasteiger partial charge >= 0.3 is 0 Å². The molecular weight excluding hydrogens is 464 g/mol. The second-order valence-corrected chi connectivity index (χ2v) is 9.88. The number of nitrogens with one attached hydrogen (secondary N) is 2. The minimum absolute atomic E-state index is 0.121. The average molecular weight is 499 g/mol. The molecule has 3 heterocycles. The molecule has 0 radical (unpaired) electrons. The van der Waals surface area contributed by atoms with Gasteiger partial charge in [0.15, 0.2) is 0 Å². The van der Waals surface area contributed by atoms with Crippen LogP contribution in [0, 0.1) is 11.8 Å². The Morgan fingerprint density at radius 2 is 2.00 bits per heavy atom. The van der Waals surface area contributed by atoms with Gasteiger partial charge < -0.3 is 20.3 Å². The summed E-state index contributed by atoms with van der Waals surface area (Å²) in [5.41, 5.74) is 2.92. The van der Waals surface area contributed by atoms with Crippen molar-refractivity contribution in [2.24, 2.45) is 0 Å². The van der Waals surface area contributed by atoms with E-state index in [0.29, 0.717) is 30.2 Å². The van der Waals surface area contributed by atoms with Crippen molar-refractivity contribution in [1.29, 1.82) is 0 Å². The standard InChI is InChI=1S/C29H34N6O2/c1-34(2)17-18-35-27-23(19-22(28(35)36)8-7-21-5-3-4-6-21)20-31-29(33-27)32-24-9-11-25(12-10-24)37-26-13-15-30-16-14-26/h5,9-12,19-20,26,30H,3-4,6,13-18H2,1-2H3,(H,31,32,33). The predicted molar refractivity (Wildman–Crippen MR) is 147 cm³/mol. The van der Waals surface area contributed by atoms with Gasteiger partial charge in [0.05, 0.1) is 5.56 Å². The highest BCUT2D eigenvalue weighted by atomic mass is 16.5. The fourth-order valence-corrected chi connectivity index (χ4v) is 4.60. The maximum Gasteiger partial charge on any atom is 0.268 e. The molecule has 8 nitrogen and oxygen atoms in total. The van der Waals surface area contributed by atoms with Crippen LogP contribution in [0.3, 0.4) is 0 Å². The van der Waals surface area contributed by atoms with Crippen LogP contribution in [0.15, 0.2) is 53.0 Å². The van der Waals surface area contributed by atoms with Crippen LogP contribution in [0.1, 0.15) is 37.7 Å². The Morgan fingerprint density at radius 1 is 1.19 bits per heavy atom. The lowest BCUT2D eigenvalue weighted by Gasteiger charge is -2.23. The van der Waals surface area contributed by atoms with Crippen molar-refractivity contribution >= 4 is 22.7 Å². The largest absolute Gasteiger partial charge is 0.490 e. The summed E-state index contributed by atoms with van der Waals surface area (Å²) in [7, 11) is 3.98. The van der Waals surface area contributed by atoms with Crippen LogP contribution < -0.4 is 20.9 Å². The summed E-state index contributed by atoms with van der Waals surface area (Å²) in [6.07, 6.45) is 9.39. The van der Waals surface area contributed by atoms with Gasteiger partial charge in [-0.3, -0.25) is 9.36 Å². The zero-order valence-electron chi connectivity index (χ0n) is 21.6. The summed E-state index contributed by atoms with van der Waals surface area (Å²) in [6, 6.07) is 9.65. The second-order valence-electron chi connectivity index (χ2n) is 9.88. The first kappa shape index (κ1) is 25.0. The summed E-state index contributed by atoms with van der Waals surface area (Å²) in [5, 5.41) is 7.41. The summed E-state index contributed by atoms with van der Waals surface area (Å²) >= 11 is 0. The van der Waals surface area contributed by atoms with Crippen LogP contribution in [0.4, 0.5) is 11.6 Å². The van der Waals surface area contributed by atoms with Crippen LogP contribution in [-0.2, 0) is 6.54 Å². The number of anilines is 2. The van der Waals surface area contributed by atoms with E-state index in [1.165, 1.54) is 0 Å². The molecule has 1 aliphatic carbocycles. The van der Waals surface area contributed by atoms with E-state index in [9.17, 15) is 4.79 Å². The first-order chi connectivity index (χ1) is 18.0. The van der Waals surface area contributed by atoms with E-state index in [2.05, 4.69) is 33.5 Å². The van der Waals surface area contributed by atoms with Crippen molar-refractivity contribution in [2.75, 3.05) is 39.0 Å². The topological polar surface area (TPSA) is 84.3 Å². The van der Waals surface area contributed by atoms with E-state index in [-0.39, 0.29) is 11.7 Å². The fourth-order valence-electron chi connectivity index (χ4n) is 4.60. The van der Waals surface area contributed by atoms with Crippen molar-refractivity contribution in [1.82, 2.24) is 24.8 Å². The Labute approximate surface area is 217 Å². The third-order valence-corrected chi connectivity index (χ3v) is 6.70. The third-order valence-electron chi connectivity index (χ3n) is 6.70. The third kappa shape index (κ3) is 6.37. The highest BCUT2D eigenvalue weighted by molar-refractivity contribution is 5.77. The number of pyridine rings is 1. The number of piperidine rings is 1. The Balaban J connectivity index is 1.39. The molecule has 3 aromatic rings. The molecule has 2 N–H and O–H groups in total. The molecule has 192 valence electrons. The zero-order valence-corrected chi connectivity index (χ0v) is 21.6. The van der Waals surface area contributed by atoms with Gasteiger partial charge in [0.25, 0.3) is 5.56 Å². The van der Waals surface area contributed by atoms with E-state index in [4.69, 9.17) is 9.72 Å². The molecule has 0 unspecified atom stereocenters. The number of allylic oxidation sites excluding steroid dienone is 2. The first-order valence-corrected chi connectivity index (χ1v) is 13.1. The van der Waals surface area contributed by atoms with Gasteiger partial charge in [-0.05, 0) is 95.2 Å². The van der Waals surface area contributed by atoms with Gasteiger partial charge in [0, 0.05) is 30.4 Å². The minimum atomic E-state index is -0.121. The van der Waals surface area contributed by atoms with Gasteiger partial charge in [-0.1, -0.05) is 17.9 Å². The maximum atomic E-state index is 13.4. The van der Waals surface area contributed by atoms with Gasteiger partial charge in [0.1, 0.15) is 17.5 Å². The Bertz CT molecular complexity index is 1390. The van der Waals surface area contributed by atoms with Crippen LogP contribution in [-0.4, -0.2) is 59.3 Å². The first-order valence-electron chi connectivity index (χ1n) is 13.1. The molecule has 37 heavy (non-hydrogen) atoms. The predicted octanol–water partition coefficient (Wildman–Crippen LogP) is 3.69. The molecule has 8 heteroatoms. The maximum absolute atomic E-state index is 13.4. The number of benzene rings is 1. The lowest BCUT2D eigenvalue weighted by Crippen LogP contribution is -2.34. The summed E-state index contributed by atoms with van der Waals surface area (Å²) < 4.78 is 7.81. The lowest BCUT2D eigenvalue weighted by molar-refractivity contribution is 0.162. The van der Waals surface area contributed by atoms with Crippen LogP contribution in [0.5, 0.6) is 5.75 Å². The van der Waals surface area contributed by atoms with Gasteiger partial charge in [-0.2, -0.15) is 4.98 Å². The smallest absolute Gasteiger partial charge is 0.268 e. The van der Waals surface area contributed by atoms with Crippen LogP contribution in [0.2, 0.25) is 0 Å². The Morgan fingerprint density at radius 3 is 2.73 bits per heavy atom. The van der Waals surface area contributed by atoms with Crippen molar-refractivity contribution in [2.45, 2.75) is 44.8 Å². The van der Waals surface area contributed by atoms with Crippen molar-refractivity contribution in [3.05, 3.63) is 64.1 Å². The quantitative estimate of drug-likeness (QED) is 0.481. The monoisotopic (exact) mass is 498 g/mol. The van der Waals surface area contributed by atoms with Crippen LogP contribution in [0.25, 0.3) is 11.0 Å². The molecule has 0 amide bonds.